The molecule has 4 heteroatoms. The summed E-state index contributed by atoms with van der Waals surface area (Å²) in [4.78, 5) is 14.3. The molecule has 0 atom stereocenters. The number of rotatable bonds is 7. The summed E-state index contributed by atoms with van der Waals surface area (Å²) in [5, 5.41) is 9.24. The monoisotopic (exact) mass is 313 g/mol. The predicted molar refractivity (Wildman–Crippen MR) is 90.5 cm³/mol. The lowest BCUT2D eigenvalue weighted by molar-refractivity contribution is 0.0708. The van der Waals surface area contributed by atoms with Crippen LogP contribution in [0.3, 0.4) is 0 Å². The Morgan fingerprint density at radius 3 is 2.30 bits per heavy atom. The molecule has 0 saturated heterocycles. The van der Waals surface area contributed by atoms with Crippen LogP contribution in [-0.4, -0.2) is 35.2 Å². The van der Waals surface area contributed by atoms with Crippen LogP contribution in [0.15, 0.2) is 54.6 Å². The number of aliphatic hydroxyl groups is 1. The van der Waals surface area contributed by atoms with E-state index in [9.17, 15) is 9.90 Å². The van der Waals surface area contributed by atoms with E-state index in [-0.39, 0.29) is 18.6 Å². The van der Waals surface area contributed by atoms with Gasteiger partial charge in [0.25, 0.3) is 5.91 Å². The molecule has 0 aliphatic heterocycles. The fraction of sp³-hybridized carbons (Fsp3) is 0.316. The third-order valence-corrected chi connectivity index (χ3v) is 3.35. The van der Waals surface area contributed by atoms with Crippen molar-refractivity contribution in [2.24, 2.45) is 0 Å². The van der Waals surface area contributed by atoms with Crippen molar-refractivity contribution in [1.29, 1.82) is 0 Å². The van der Waals surface area contributed by atoms with E-state index >= 15 is 0 Å². The van der Waals surface area contributed by atoms with Gasteiger partial charge in [0.1, 0.15) is 5.75 Å². The lowest BCUT2D eigenvalue weighted by atomic mass is 10.1. The van der Waals surface area contributed by atoms with Gasteiger partial charge in [-0.3, -0.25) is 4.79 Å². The van der Waals surface area contributed by atoms with Crippen molar-refractivity contribution < 1.29 is 14.6 Å². The zero-order valence-electron chi connectivity index (χ0n) is 13.6. The molecule has 0 bridgehead atoms. The number of carbonyl (C=O) groups excluding carboxylic acids is 1. The van der Waals surface area contributed by atoms with Crippen LogP contribution in [0, 0.1) is 0 Å². The first kappa shape index (κ1) is 17.0. The van der Waals surface area contributed by atoms with Crippen LogP contribution < -0.4 is 4.74 Å². The summed E-state index contributed by atoms with van der Waals surface area (Å²) in [5.74, 6) is 0.646. The van der Waals surface area contributed by atoms with E-state index < -0.39 is 0 Å². The van der Waals surface area contributed by atoms with Crippen LogP contribution in [0.1, 0.15) is 29.8 Å². The van der Waals surface area contributed by atoms with E-state index in [4.69, 9.17) is 4.74 Å². The molecule has 0 radical (unpaired) electrons. The molecule has 2 aromatic rings. The Labute approximate surface area is 137 Å². The van der Waals surface area contributed by atoms with Crippen LogP contribution in [0.25, 0.3) is 0 Å². The van der Waals surface area contributed by atoms with Crippen molar-refractivity contribution in [3.63, 3.8) is 0 Å². The minimum Gasteiger partial charge on any atom is -0.491 e. The number of hydrogen-bond acceptors (Lipinski definition) is 3. The number of hydrogen-bond donors (Lipinski definition) is 1. The predicted octanol–water partition coefficient (Wildman–Crippen LogP) is 3.11. The van der Waals surface area contributed by atoms with Crippen molar-refractivity contribution in [1.82, 2.24) is 4.90 Å². The Morgan fingerprint density at radius 2 is 1.74 bits per heavy atom. The number of carbonyl (C=O) groups is 1. The first-order valence-electron chi connectivity index (χ1n) is 7.81. The molecule has 4 nitrogen and oxygen atoms in total. The largest absolute Gasteiger partial charge is 0.491 e. The Morgan fingerprint density at radius 1 is 1.09 bits per heavy atom. The average molecular weight is 313 g/mol. The Balaban J connectivity index is 2.10. The molecule has 0 fully saturated rings. The third-order valence-electron chi connectivity index (χ3n) is 3.35. The highest BCUT2D eigenvalue weighted by Gasteiger charge is 2.16. The Hall–Kier alpha value is -2.33. The van der Waals surface area contributed by atoms with Crippen molar-refractivity contribution in [3.05, 3.63) is 65.7 Å². The lowest BCUT2D eigenvalue weighted by Crippen LogP contribution is -2.33. The Bertz CT molecular complexity index is 608. The van der Waals surface area contributed by atoms with Gasteiger partial charge in [0, 0.05) is 18.7 Å². The molecule has 1 N–H and O–H groups in total. The number of ether oxygens (including phenoxy) is 1. The summed E-state index contributed by atoms with van der Waals surface area (Å²) in [7, 11) is 0. The van der Waals surface area contributed by atoms with Crippen molar-refractivity contribution in [2.75, 3.05) is 13.2 Å². The molecule has 0 aromatic heterocycles. The standard InChI is InChI=1S/C19H23NO3/c1-15(2)23-18-10-8-17(9-11-18)19(22)20(12-13-21)14-16-6-4-3-5-7-16/h3-11,15,21H,12-14H2,1-2H3. The van der Waals surface area contributed by atoms with Crippen LogP contribution in [0.5, 0.6) is 5.75 Å². The van der Waals surface area contributed by atoms with Crippen LogP contribution >= 0.6 is 0 Å². The molecule has 23 heavy (non-hydrogen) atoms. The molecule has 1 amide bonds. The normalized spacial score (nSPS) is 10.6. The first-order valence-corrected chi connectivity index (χ1v) is 7.81. The number of amides is 1. The van der Waals surface area contributed by atoms with Gasteiger partial charge < -0.3 is 14.7 Å². The van der Waals surface area contributed by atoms with Crippen LogP contribution in [0.4, 0.5) is 0 Å². The van der Waals surface area contributed by atoms with Crippen LogP contribution in [-0.2, 0) is 6.54 Å². The van der Waals surface area contributed by atoms with Gasteiger partial charge in [0.05, 0.1) is 12.7 Å². The number of aliphatic hydroxyl groups excluding tert-OH is 1. The molecule has 2 aromatic carbocycles. The molecule has 0 spiro atoms. The van der Waals surface area contributed by atoms with E-state index in [1.807, 2.05) is 44.2 Å². The highest BCUT2D eigenvalue weighted by molar-refractivity contribution is 5.94. The lowest BCUT2D eigenvalue weighted by Gasteiger charge is -2.22. The minimum atomic E-state index is -0.0981. The smallest absolute Gasteiger partial charge is 0.254 e. The van der Waals surface area contributed by atoms with Crippen molar-refractivity contribution >= 4 is 5.91 Å². The van der Waals surface area contributed by atoms with Gasteiger partial charge in [-0.05, 0) is 43.7 Å². The van der Waals surface area contributed by atoms with E-state index in [0.29, 0.717) is 18.7 Å². The van der Waals surface area contributed by atoms with Gasteiger partial charge >= 0.3 is 0 Å². The maximum absolute atomic E-state index is 12.6. The van der Waals surface area contributed by atoms with Gasteiger partial charge in [0.2, 0.25) is 0 Å². The minimum absolute atomic E-state index is 0.0624. The van der Waals surface area contributed by atoms with Crippen molar-refractivity contribution in [2.45, 2.75) is 26.5 Å². The molecule has 0 heterocycles. The molecule has 0 saturated carbocycles. The topological polar surface area (TPSA) is 49.8 Å². The van der Waals surface area contributed by atoms with Gasteiger partial charge in [-0.1, -0.05) is 30.3 Å². The molecular formula is C19H23NO3. The fourth-order valence-electron chi connectivity index (χ4n) is 2.31. The molecular weight excluding hydrogens is 290 g/mol. The van der Waals surface area contributed by atoms with E-state index in [1.54, 1.807) is 29.2 Å². The molecule has 0 aliphatic rings. The average Bonchev–Trinajstić information content (AvgIpc) is 2.55. The van der Waals surface area contributed by atoms with E-state index in [2.05, 4.69) is 0 Å². The summed E-state index contributed by atoms with van der Waals surface area (Å²) in [6.45, 7) is 4.64. The molecule has 0 unspecified atom stereocenters. The van der Waals surface area contributed by atoms with Crippen LogP contribution in [0.2, 0.25) is 0 Å². The highest BCUT2D eigenvalue weighted by atomic mass is 16.5. The van der Waals surface area contributed by atoms with E-state index in [0.717, 1.165) is 11.3 Å². The second-order valence-electron chi connectivity index (χ2n) is 5.63. The van der Waals surface area contributed by atoms with Gasteiger partial charge in [0.15, 0.2) is 0 Å². The zero-order chi connectivity index (χ0) is 16.7. The molecule has 122 valence electrons. The van der Waals surface area contributed by atoms with Crippen molar-refractivity contribution in [3.8, 4) is 5.75 Å². The van der Waals surface area contributed by atoms with Gasteiger partial charge in [-0.25, -0.2) is 0 Å². The zero-order valence-corrected chi connectivity index (χ0v) is 13.6. The van der Waals surface area contributed by atoms with Gasteiger partial charge in [-0.2, -0.15) is 0 Å². The Kier molecular flexibility index (Phi) is 6.18. The number of benzene rings is 2. The molecule has 2 rings (SSSR count). The second kappa shape index (κ2) is 8.34. The summed E-state index contributed by atoms with van der Waals surface area (Å²) in [6.07, 6.45) is 0.0977. The fourth-order valence-corrected chi connectivity index (χ4v) is 2.31. The quantitative estimate of drug-likeness (QED) is 0.854. The maximum atomic E-state index is 12.6. The SMILES string of the molecule is CC(C)Oc1ccc(C(=O)N(CCO)Cc2ccccc2)cc1. The maximum Gasteiger partial charge on any atom is 0.254 e. The number of nitrogens with zero attached hydrogens (tertiary/aromatic N) is 1. The summed E-state index contributed by atoms with van der Waals surface area (Å²) in [6, 6.07) is 16.9. The highest BCUT2D eigenvalue weighted by Crippen LogP contribution is 2.16. The summed E-state index contributed by atoms with van der Waals surface area (Å²) < 4.78 is 5.59. The van der Waals surface area contributed by atoms with Gasteiger partial charge in [-0.15, -0.1) is 0 Å². The summed E-state index contributed by atoms with van der Waals surface area (Å²) in [5.41, 5.74) is 1.62. The third kappa shape index (κ3) is 5.11. The first-order chi connectivity index (χ1) is 11.1. The summed E-state index contributed by atoms with van der Waals surface area (Å²) >= 11 is 0. The molecule has 0 aliphatic carbocycles. The van der Waals surface area contributed by atoms with E-state index in [1.165, 1.54) is 0 Å². The second-order valence-corrected chi connectivity index (χ2v) is 5.63.